The van der Waals surface area contributed by atoms with E-state index in [9.17, 15) is 9.59 Å². The molecule has 25 heavy (non-hydrogen) atoms. The third kappa shape index (κ3) is 3.01. The van der Waals surface area contributed by atoms with Crippen molar-refractivity contribution in [3.05, 3.63) is 65.9 Å². The Morgan fingerprint density at radius 1 is 1.08 bits per heavy atom. The average Bonchev–Trinajstić information content (AvgIpc) is 3.09. The standard InChI is InChI=1S/C20H17NO4/c22-19(21-11-5-8-14-6-1-3-9-16(14)21)13-24-20(23)18-12-15-7-2-4-10-17(15)25-18/h1-4,6-7,9-10,12H,5,8,11,13H2. The van der Waals surface area contributed by atoms with Gasteiger partial charge in [-0.2, -0.15) is 0 Å². The van der Waals surface area contributed by atoms with Gasteiger partial charge in [-0.25, -0.2) is 4.79 Å². The molecule has 0 saturated heterocycles. The van der Waals surface area contributed by atoms with Crippen LogP contribution in [0, 0.1) is 0 Å². The van der Waals surface area contributed by atoms with E-state index in [1.165, 1.54) is 0 Å². The minimum absolute atomic E-state index is 0.105. The van der Waals surface area contributed by atoms with Crippen LogP contribution in [-0.4, -0.2) is 25.0 Å². The predicted molar refractivity (Wildman–Crippen MR) is 93.6 cm³/mol. The van der Waals surface area contributed by atoms with Crippen molar-refractivity contribution in [2.24, 2.45) is 0 Å². The molecule has 0 N–H and O–H groups in total. The maximum atomic E-state index is 12.5. The molecule has 0 aliphatic carbocycles. The fraction of sp³-hybridized carbons (Fsp3) is 0.200. The summed E-state index contributed by atoms with van der Waals surface area (Å²) in [5.74, 6) is -0.750. The fourth-order valence-electron chi connectivity index (χ4n) is 3.15. The highest BCUT2D eigenvalue weighted by molar-refractivity contribution is 5.98. The monoisotopic (exact) mass is 335 g/mol. The van der Waals surface area contributed by atoms with Crippen LogP contribution in [0.5, 0.6) is 0 Å². The van der Waals surface area contributed by atoms with Gasteiger partial charge in [0.2, 0.25) is 5.76 Å². The number of amides is 1. The lowest BCUT2D eigenvalue weighted by atomic mass is 10.0. The first-order chi connectivity index (χ1) is 12.2. The lowest BCUT2D eigenvalue weighted by Gasteiger charge is -2.29. The summed E-state index contributed by atoms with van der Waals surface area (Å²) in [4.78, 5) is 26.3. The molecule has 126 valence electrons. The number of hydrogen-bond acceptors (Lipinski definition) is 4. The Balaban J connectivity index is 1.44. The molecule has 4 rings (SSSR count). The van der Waals surface area contributed by atoms with Gasteiger partial charge in [0.1, 0.15) is 5.58 Å². The zero-order valence-corrected chi connectivity index (χ0v) is 13.6. The second-order valence-corrected chi connectivity index (χ2v) is 6.00. The van der Waals surface area contributed by atoms with E-state index in [-0.39, 0.29) is 18.3 Å². The van der Waals surface area contributed by atoms with Crippen molar-refractivity contribution in [2.45, 2.75) is 12.8 Å². The molecule has 2 heterocycles. The summed E-state index contributed by atoms with van der Waals surface area (Å²) in [5.41, 5.74) is 2.66. The SMILES string of the molecule is O=C(OCC(=O)N1CCCc2ccccc21)c1cc2ccccc2o1. The largest absolute Gasteiger partial charge is 0.450 e. The number of furan rings is 1. The van der Waals surface area contributed by atoms with Crippen molar-refractivity contribution in [3.63, 3.8) is 0 Å². The van der Waals surface area contributed by atoms with E-state index < -0.39 is 5.97 Å². The van der Waals surface area contributed by atoms with Crippen molar-refractivity contribution in [2.75, 3.05) is 18.1 Å². The van der Waals surface area contributed by atoms with Crippen molar-refractivity contribution < 1.29 is 18.7 Å². The Morgan fingerprint density at radius 3 is 2.76 bits per heavy atom. The Hall–Kier alpha value is -3.08. The molecule has 0 bridgehead atoms. The zero-order chi connectivity index (χ0) is 17.2. The van der Waals surface area contributed by atoms with Crippen LogP contribution in [0.2, 0.25) is 0 Å². The number of fused-ring (bicyclic) bond motifs is 2. The number of para-hydroxylation sites is 2. The molecule has 0 fully saturated rings. The Bertz CT molecular complexity index is 911. The van der Waals surface area contributed by atoms with Gasteiger partial charge in [0.15, 0.2) is 6.61 Å². The highest BCUT2D eigenvalue weighted by Gasteiger charge is 2.24. The molecular weight excluding hydrogens is 318 g/mol. The van der Waals surface area contributed by atoms with Gasteiger partial charge < -0.3 is 14.1 Å². The van der Waals surface area contributed by atoms with Gasteiger partial charge >= 0.3 is 5.97 Å². The van der Waals surface area contributed by atoms with Crippen LogP contribution in [0.15, 0.2) is 59.0 Å². The van der Waals surface area contributed by atoms with Crippen LogP contribution < -0.4 is 4.90 Å². The first-order valence-electron chi connectivity index (χ1n) is 8.26. The van der Waals surface area contributed by atoms with E-state index in [2.05, 4.69) is 0 Å². The summed E-state index contributed by atoms with van der Waals surface area (Å²) in [6, 6.07) is 16.8. The zero-order valence-electron chi connectivity index (χ0n) is 13.6. The number of benzene rings is 2. The van der Waals surface area contributed by atoms with Crippen molar-refractivity contribution in [3.8, 4) is 0 Å². The van der Waals surface area contributed by atoms with E-state index in [4.69, 9.17) is 9.15 Å². The highest BCUT2D eigenvalue weighted by Crippen LogP contribution is 2.26. The molecule has 0 radical (unpaired) electrons. The fourth-order valence-corrected chi connectivity index (χ4v) is 3.15. The number of ether oxygens (including phenoxy) is 1. The van der Waals surface area contributed by atoms with E-state index in [1.807, 2.05) is 42.5 Å². The number of carbonyl (C=O) groups excluding carboxylic acids is 2. The van der Waals surface area contributed by atoms with Gasteiger partial charge in [-0.05, 0) is 36.6 Å². The number of hydrogen-bond donors (Lipinski definition) is 0. The molecule has 1 aromatic heterocycles. The van der Waals surface area contributed by atoms with Gasteiger partial charge in [0.25, 0.3) is 5.91 Å². The number of esters is 1. The van der Waals surface area contributed by atoms with E-state index in [1.54, 1.807) is 17.0 Å². The molecule has 1 aliphatic rings. The van der Waals surface area contributed by atoms with Gasteiger partial charge in [-0.3, -0.25) is 4.79 Å². The summed E-state index contributed by atoms with van der Waals surface area (Å²) < 4.78 is 10.6. The summed E-state index contributed by atoms with van der Waals surface area (Å²) in [5, 5.41) is 0.825. The summed E-state index contributed by atoms with van der Waals surface area (Å²) in [6.07, 6.45) is 1.86. The predicted octanol–water partition coefficient (Wildman–Crippen LogP) is 3.57. The Kier molecular flexibility index (Phi) is 3.98. The molecule has 1 aliphatic heterocycles. The van der Waals surface area contributed by atoms with Crippen LogP contribution in [0.4, 0.5) is 5.69 Å². The first-order valence-corrected chi connectivity index (χ1v) is 8.26. The smallest absolute Gasteiger partial charge is 0.374 e. The van der Waals surface area contributed by atoms with Gasteiger partial charge in [0, 0.05) is 17.6 Å². The van der Waals surface area contributed by atoms with Gasteiger partial charge in [0.05, 0.1) is 0 Å². The van der Waals surface area contributed by atoms with Crippen LogP contribution in [0.25, 0.3) is 11.0 Å². The molecule has 1 amide bonds. The first kappa shape index (κ1) is 15.4. The van der Waals surface area contributed by atoms with E-state index >= 15 is 0 Å². The second kappa shape index (κ2) is 6.43. The number of rotatable bonds is 3. The number of anilines is 1. The van der Waals surface area contributed by atoms with Crippen LogP contribution in [0.1, 0.15) is 22.5 Å². The Morgan fingerprint density at radius 2 is 1.88 bits per heavy atom. The van der Waals surface area contributed by atoms with E-state index in [0.717, 1.165) is 29.5 Å². The maximum Gasteiger partial charge on any atom is 0.374 e. The van der Waals surface area contributed by atoms with Crippen LogP contribution >= 0.6 is 0 Å². The minimum atomic E-state index is -0.630. The lowest BCUT2D eigenvalue weighted by Crippen LogP contribution is -2.38. The molecule has 3 aromatic rings. The summed E-state index contributed by atoms with van der Waals surface area (Å²) in [7, 11) is 0. The normalized spacial score (nSPS) is 13.5. The number of nitrogens with zero attached hydrogens (tertiary/aromatic N) is 1. The third-order valence-electron chi connectivity index (χ3n) is 4.36. The molecule has 0 saturated carbocycles. The van der Waals surface area contributed by atoms with Gasteiger partial charge in [-0.15, -0.1) is 0 Å². The molecule has 2 aromatic carbocycles. The Labute approximate surface area is 144 Å². The topological polar surface area (TPSA) is 59.8 Å². The lowest BCUT2D eigenvalue weighted by molar-refractivity contribution is -0.121. The second-order valence-electron chi connectivity index (χ2n) is 6.00. The number of aryl methyl sites for hydroxylation is 1. The molecular formula is C20H17NO4. The molecule has 0 spiro atoms. The molecule has 5 nitrogen and oxygen atoms in total. The maximum absolute atomic E-state index is 12.5. The summed E-state index contributed by atoms with van der Waals surface area (Å²) in [6.45, 7) is 0.336. The van der Waals surface area contributed by atoms with Gasteiger partial charge in [-0.1, -0.05) is 36.4 Å². The number of carbonyl (C=O) groups is 2. The minimum Gasteiger partial charge on any atom is -0.450 e. The molecule has 0 unspecified atom stereocenters. The quantitative estimate of drug-likeness (QED) is 0.687. The van der Waals surface area contributed by atoms with Crippen molar-refractivity contribution >= 4 is 28.5 Å². The summed E-state index contributed by atoms with van der Waals surface area (Å²) >= 11 is 0. The highest BCUT2D eigenvalue weighted by atomic mass is 16.5. The van der Waals surface area contributed by atoms with E-state index in [0.29, 0.717) is 12.1 Å². The van der Waals surface area contributed by atoms with Crippen LogP contribution in [0.3, 0.4) is 0 Å². The average molecular weight is 335 g/mol. The van der Waals surface area contributed by atoms with Crippen molar-refractivity contribution in [1.29, 1.82) is 0 Å². The molecule has 0 atom stereocenters. The van der Waals surface area contributed by atoms with Crippen LogP contribution in [-0.2, 0) is 16.0 Å². The molecule has 5 heteroatoms. The third-order valence-corrected chi connectivity index (χ3v) is 4.36. The van der Waals surface area contributed by atoms with Crippen molar-refractivity contribution in [1.82, 2.24) is 0 Å².